The highest BCUT2D eigenvalue weighted by Gasteiger charge is 2.23. The Bertz CT molecular complexity index is 1410. The van der Waals surface area contributed by atoms with Crippen molar-refractivity contribution in [3.63, 3.8) is 0 Å². The summed E-state index contributed by atoms with van der Waals surface area (Å²) in [6.45, 7) is 5.11. The number of carbonyl (C=O) groups excluding carboxylic acids is 1. The van der Waals surface area contributed by atoms with Gasteiger partial charge in [-0.3, -0.25) is 19.9 Å². The number of benzene rings is 2. The number of anilines is 1. The number of thioether (sulfide) groups is 1. The lowest BCUT2D eigenvalue weighted by Gasteiger charge is -2.29. The monoisotopic (exact) mass is 474 g/mol. The van der Waals surface area contributed by atoms with Crippen molar-refractivity contribution in [1.82, 2.24) is 19.7 Å². The molecule has 4 aromatic rings. The Balaban J connectivity index is 1.49. The van der Waals surface area contributed by atoms with E-state index in [-0.39, 0.29) is 17.1 Å². The number of hydrogen-bond acceptors (Lipinski definition) is 6. The van der Waals surface area contributed by atoms with Crippen LogP contribution in [0.15, 0.2) is 53.7 Å². The molecule has 2 N–H and O–H groups in total. The van der Waals surface area contributed by atoms with Crippen molar-refractivity contribution in [3.05, 3.63) is 65.3 Å². The van der Waals surface area contributed by atoms with Crippen molar-refractivity contribution in [2.75, 3.05) is 23.8 Å². The van der Waals surface area contributed by atoms with Crippen LogP contribution in [-0.4, -0.2) is 44.6 Å². The summed E-state index contributed by atoms with van der Waals surface area (Å²) in [5.41, 5.74) is 4.51. The molecule has 34 heavy (non-hydrogen) atoms. The van der Waals surface area contributed by atoms with E-state index in [0.29, 0.717) is 29.3 Å². The van der Waals surface area contributed by atoms with E-state index in [0.717, 1.165) is 35.7 Å². The van der Waals surface area contributed by atoms with E-state index in [1.165, 1.54) is 17.3 Å². The van der Waals surface area contributed by atoms with Gasteiger partial charge < -0.3 is 9.64 Å². The predicted octanol–water partition coefficient (Wildman–Crippen LogP) is 4.01. The number of fused-ring (bicyclic) bond motifs is 2. The Morgan fingerprint density at radius 3 is 2.79 bits per heavy atom. The number of aryl methyl sites for hydroxylation is 2. The number of hydrogen-bond donors (Lipinski definition) is 2. The lowest BCUT2D eigenvalue weighted by molar-refractivity contribution is -0.116. The minimum atomic E-state index is 0.0297. The number of aromatic nitrogens is 4. The summed E-state index contributed by atoms with van der Waals surface area (Å²) in [5.74, 6) is 1.01. The van der Waals surface area contributed by atoms with Crippen molar-refractivity contribution in [3.8, 4) is 11.4 Å². The molecule has 0 aliphatic carbocycles. The number of H-pyrrole nitrogens is 1. The number of rotatable bonds is 6. The highest BCUT2D eigenvalue weighted by Crippen LogP contribution is 2.29. The smallest absolute Gasteiger partial charge is 0.237 e. The second kappa shape index (κ2) is 9.34. The molecular weight excluding hydrogens is 448 g/mol. The van der Waals surface area contributed by atoms with Crippen molar-refractivity contribution in [2.45, 2.75) is 31.8 Å². The molecule has 0 fully saturated rings. The average Bonchev–Trinajstić information content (AvgIpc) is 3.24. The number of para-hydroxylation sites is 1. The van der Waals surface area contributed by atoms with Crippen LogP contribution in [0.3, 0.4) is 0 Å². The van der Waals surface area contributed by atoms with E-state index in [2.05, 4.69) is 16.3 Å². The minimum absolute atomic E-state index is 0.0297. The summed E-state index contributed by atoms with van der Waals surface area (Å²) in [7, 11) is 0. The van der Waals surface area contributed by atoms with Gasteiger partial charge in [-0.2, -0.15) is 5.10 Å². The van der Waals surface area contributed by atoms with Crippen molar-refractivity contribution in [2.24, 2.45) is 0 Å². The van der Waals surface area contributed by atoms with E-state index in [1.807, 2.05) is 61.2 Å². The van der Waals surface area contributed by atoms with Crippen molar-refractivity contribution in [1.29, 1.82) is 5.41 Å². The molecule has 1 aliphatic heterocycles. The first kappa shape index (κ1) is 22.2. The van der Waals surface area contributed by atoms with Gasteiger partial charge >= 0.3 is 0 Å². The van der Waals surface area contributed by atoms with Crippen LogP contribution in [-0.2, 0) is 11.2 Å². The maximum absolute atomic E-state index is 13.2. The van der Waals surface area contributed by atoms with Crippen LogP contribution < -0.4 is 15.1 Å². The van der Waals surface area contributed by atoms with E-state index >= 15 is 0 Å². The first-order valence-corrected chi connectivity index (χ1v) is 12.3. The minimum Gasteiger partial charge on any atom is -0.494 e. The molecule has 0 saturated heterocycles. The second-order valence-electron chi connectivity index (χ2n) is 8.12. The molecule has 0 radical (unpaired) electrons. The number of ether oxygens (including phenoxy) is 1. The largest absolute Gasteiger partial charge is 0.494 e. The van der Waals surface area contributed by atoms with Crippen LogP contribution in [0.5, 0.6) is 5.75 Å². The van der Waals surface area contributed by atoms with Gasteiger partial charge in [0.15, 0.2) is 10.8 Å². The van der Waals surface area contributed by atoms with E-state index in [4.69, 9.17) is 15.1 Å². The second-order valence-corrected chi connectivity index (χ2v) is 9.06. The lowest BCUT2D eigenvalue weighted by atomic mass is 10.0. The summed E-state index contributed by atoms with van der Waals surface area (Å²) in [6.07, 6.45) is 1.94. The standard InChI is InChI=1S/C25H26N6O2S/c1-3-33-19-12-10-18(11-13-19)31-23(26)22-16(2)28-29-24(22)27-25(31)34-15-21(32)30-14-6-8-17-7-4-5-9-20(17)30/h4-5,7,9-13,26H,3,6,8,14-15H2,1-2H3,(H,28,29). The highest BCUT2D eigenvalue weighted by molar-refractivity contribution is 7.99. The SMILES string of the molecule is CCOc1ccc(-n2c(SCC(=O)N3CCCc4ccccc43)nc3n[nH]c(C)c3c2=N)cc1. The molecule has 0 spiro atoms. The Morgan fingerprint density at radius 2 is 2.00 bits per heavy atom. The van der Waals surface area contributed by atoms with E-state index < -0.39 is 0 Å². The Labute approximate surface area is 201 Å². The zero-order chi connectivity index (χ0) is 23.7. The van der Waals surface area contributed by atoms with Crippen LogP contribution in [0.1, 0.15) is 24.6 Å². The molecule has 1 amide bonds. The lowest BCUT2D eigenvalue weighted by Crippen LogP contribution is -2.36. The molecule has 2 aromatic heterocycles. The maximum atomic E-state index is 13.2. The zero-order valence-electron chi connectivity index (χ0n) is 19.2. The first-order chi connectivity index (χ1) is 16.6. The van der Waals surface area contributed by atoms with Crippen molar-refractivity contribution < 1.29 is 9.53 Å². The van der Waals surface area contributed by atoms with Gasteiger partial charge in [-0.1, -0.05) is 30.0 Å². The molecule has 5 rings (SSSR count). The molecule has 8 nitrogen and oxygen atoms in total. The van der Waals surface area contributed by atoms with Gasteiger partial charge in [0, 0.05) is 23.6 Å². The molecule has 174 valence electrons. The molecular formula is C25H26N6O2S. The Kier molecular flexibility index (Phi) is 6.10. The molecule has 0 unspecified atom stereocenters. The fourth-order valence-electron chi connectivity index (χ4n) is 4.32. The topological polar surface area (TPSA) is 99.9 Å². The molecule has 0 bridgehead atoms. The number of nitrogens with zero attached hydrogens (tertiary/aromatic N) is 4. The third-order valence-electron chi connectivity index (χ3n) is 5.92. The third-order valence-corrected chi connectivity index (χ3v) is 6.85. The summed E-state index contributed by atoms with van der Waals surface area (Å²) in [6, 6.07) is 15.6. The molecule has 1 aliphatic rings. The number of amides is 1. The number of nitrogens with one attached hydrogen (secondary N) is 2. The van der Waals surface area contributed by atoms with Crippen LogP contribution in [0, 0.1) is 12.3 Å². The number of carbonyl (C=O) groups is 1. The first-order valence-electron chi connectivity index (χ1n) is 11.3. The van der Waals surface area contributed by atoms with Gasteiger partial charge in [0.2, 0.25) is 5.91 Å². The van der Waals surface area contributed by atoms with Gasteiger partial charge in [0.05, 0.1) is 17.7 Å². The average molecular weight is 475 g/mol. The van der Waals surface area contributed by atoms with Gasteiger partial charge in [-0.15, -0.1) is 0 Å². The van der Waals surface area contributed by atoms with Crippen LogP contribution in [0.25, 0.3) is 16.7 Å². The summed E-state index contributed by atoms with van der Waals surface area (Å²) in [4.78, 5) is 19.8. The van der Waals surface area contributed by atoms with E-state index in [9.17, 15) is 4.79 Å². The predicted molar refractivity (Wildman–Crippen MR) is 133 cm³/mol. The quantitative estimate of drug-likeness (QED) is 0.325. The molecule has 0 saturated carbocycles. The van der Waals surface area contributed by atoms with Crippen LogP contribution in [0.4, 0.5) is 5.69 Å². The van der Waals surface area contributed by atoms with Crippen molar-refractivity contribution >= 4 is 34.4 Å². The molecule has 2 aromatic carbocycles. The van der Waals surface area contributed by atoms with Gasteiger partial charge in [0.25, 0.3) is 0 Å². The zero-order valence-corrected chi connectivity index (χ0v) is 20.0. The van der Waals surface area contributed by atoms with Gasteiger partial charge in [0.1, 0.15) is 11.2 Å². The Hall–Kier alpha value is -3.59. The fraction of sp³-hybridized carbons (Fsp3) is 0.280. The van der Waals surface area contributed by atoms with Crippen LogP contribution in [0.2, 0.25) is 0 Å². The normalized spacial score (nSPS) is 13.2. The highest BCUT2D eigenvalue weighted by atomic mass is 32.2. The molecule has 0 atom stereocenters. The maximum Gasteiger partial charge on any atom is 0.237 e. The van der Waals surface area contributed by atoms with E-state index in [1.54, 1.807) is 4.57 Å². The fourth-order valence-corrected chi connectivity index (χ4v) is 5.21. The Morgan fingerprint density at radius 1 is 1.21 bits per heavy atom. The number of aromatic amines is 1. The molecule has 9 heteroatoms. The third kappa shape index (κ3) is 4.07. The van der Waals surface area contributed by atoms with Gasteiger partial charge in [-0.25, -0.2) is 4.98 Å². The molecule has 3 heterocycles. The van der Waals surface area contributed by atoms with Crippen LogP contribution >= 0.6 is 11.8 Å². The summed E-state index contributed by atoms with van der Waals surface area (Å²) in [5, 5.41) is 17.3. The van der Waals surface area contributed by atoms with Gasteiger partial charge in [-0.05, 0) is 62.6 Å². The summed E-state index contributed by atoms with van der Waals surface area (Å²) >= 11 is 1.33. The summed E-state index contributed by atoms with van der Waals surface area (Å²) < 4.78 is 7.33.